The fraction of sp³-hybridized carbons (Fsp3) is 0.200. The average molecular weight is 370 g/mol. The van der Waals surface area contributed by atoms with Gasteiger partial charge in [-0.3, -0.25) is 4.79 Å². The molecule has 3 rings (SSSR count). The Kier molecular flexibility index (Phi) is 5.71. The second-order valence-electron chi connectivity index (χ2n) is 5.74. The van der Waals surface area contributed by atoms with Crippen molar-refractivity contribution < 1.29 is 23.1 Å². The zero-order valence-corrected chi connectivity index (χ0v) is 15.0. The smallest absolute Gasteiger partial charge is 0.224 e. The van der Waals surface area contributed by atoms with E-state index in [2.05, 4.69) is 10.3 Å². The number of halogens is 1. The van der Waals surface area contributed by atoms with Gasteiger partial charge in [0, 0.05) is 24.6 Å². The van der Waals surface area contributed by atoms with Gasteiger partial charge in [-0.15, -0.1) is 0 Å². The third-order valence-corrected chi connectivity index (χ3v) is 3.92. The molecule has 7 heteroatoms. The molecule has 140 valence electrons. The van der Waals surface area contributed by atoms with Gasteiger partial charge in [0.25, 0.3) is 0 Å². The molecule has 0 aliphatic rings. The number of anilines is 1. The number of aryl methyl sites for hydroxylation is 1. The number of hydrogen-bond donors (Lipinski definition) is 1. The van der Waals surface area contributed by atoms with Crippen LogP contribution in [0.4, 0.5) is 10.1 Å². The van der Waals surface area contributed by atoms with Crippen molar-refractivity contribution in [3.05, 3.63) is 60.4 Å². The van der Waals surface area contributed by atoms with E-state index in [4.69, 9.17) is 13.9 Å². The number of oxazole rings is 1. The maximum absolute atomic E-state index is 12.9. The Morgan fingerprint density at radius 2 is 1.93 bits per heavy atom. The highest BCUT2D eigenvalue weighted by molar-refractivity contribution is 5.90. The highest BCUT2D eigenvalue weighted by Gasteiger charge is 2.13. The number of nitrogens with zero attached hydrogens (tertiary/aromatic N) is 1. The molecule has 0 atom stereocenters. The number of nitrogens with one attached hydrogen (secondary N) is 1. The molecule has 6 nitrogen and oxygen atoms in total. The van der Waals surface area contributed by atoms with Crippen molar-refractivity contribution in [2.75, 3.05) is 19.5 Å². The molecule has 0 saturated heterocycles. The number of benzene rings is 2. The third-order valence-electron chi connectivity index (χ3n) is 3.92. The molecule has 0 aliphatic heterocycles. The SMILES string of the molecule is COc1ccc(-c2cnc(CCC(=O)Nc3ccc(F)cc3)o2)c(OC)c1. The van der Waals surface area contributed by atoms with Crippen molar-refractivity contribution in [1.29, 1.82) is 0 Å². The van der Waals surface area contributed by atoms with Gasteiger partial charge >= 0.3 is 0 Å². The van der Waals surface area contributed by atoms with Gasteiger partial charge in [-0.05, 0) is 36.4 Å². The average Bonchev–Trinajstić information content (AvgIpc) is 3.16. The highest BCUT2D eigenvalue weighted by atomic mass is 19.1. The second-order valence-corrected chi connectivity index (χ2v) is 5.74. The molecule has 0 unspecified atom stereocenters. The van der Waals surface area contributed by atoms with Crippen molar-refractivity contribution in [3.8, 4) is 22.8 Å². The molecule has 3 aromatic rings. The van der Waals surface area contributed by atoms with E-state index >= 15 is 0 Å². The Bertz CT molecular complexity index is 922. The van der Waals surface area contributed by atoms with Crippen LogP contribution in [-0.4, -0.2) is 25.1 Å². The van der Waals surface area contributed by atoms with Crippen LogP contribution in [0.15, 0.2) is 53.1 Å². The van der Waals surface area contributed by atoms with Gasteiger partial charge in [0.1, 0.15) is 17.3 Å². The van der Waals surface area contributed by atoms with Crippen LogP contribution in [0.1, 0.15) is 12.3 Å². The van der Waals surface area contributed by atoms with Crippen molar-refractivity contribution in [2.24, 2.45) is 0 Å². The first-order valence-corrected chi connectivity index (χ1v) is 8.31. The van der Waals surface area contributed by atoms with Gasteiger partial charge in [-0.2, -0.15) is 0 Å². The largest absolute Gasteiger partial charge is 0.497 e. The van der Waals surface area contributed by atoms with Gasteiger partial charge < -0.3 is 19.2 Å². The van der Waals surface area contributed by atoms with E-state index in [-0.39, 0.29) is 18.1 Å². The lowest BCUT2D eigenvalue weighted by Crippen LogP contribution is -2.12. The summed E-state index contributed by atoms with van der Waals surface area (Å²) >= 11 is 0. The first-order valence-electron chi connectivity index (χ1n) is 8.31. The van der Waals surface area contributed by atoms with E-state index in [1.165, 1.54) is 24.3 Å². The van der Waals surface area contributed by atoms with Gasteiger partial charge in [-0.1, -0.05) is 0 Å². The summed E-state index contributed by atoms with van der Waals surface area (Å²) in [5, 5.41) is 2.70. The van der Waals surface area contributed by atoms with E-state index < -0.39 is 0 Å². The molecule has 2 aromatic carbocycles. The zero-order chi connectivity index (χ0) is 19.2. The minimum atomic E-state index is -0.353. The molecule has 1 heterocycles. The first-order chi connectivity index (χ1) is 13.1. The van der Waals surface area contributed by atoms with Crippen molar-refractivity contribution in [3.63, 3.8) is 0 Å². The van der Waals surface area contributed by atoms with Crippen LogP contribution < -0.4 is 14.8 Å². The fourth-order valence-electron chi connectivity index (χ4n) is 2.53. The molecule has 0 aliphatic carbocycles. The number of ether oxygens (including phenoxy) is 2. The quantitative estimate of drug-likeness (QED) is 0.679. The lowest BCUT2D eigenvalue weighted by atomic mass is 10.1. The van der Waals surface area contributed by atoms with Crippen molar-refractivity contribution >= 4 is 11.6 Å². The van der Waals surface area contributed by atoms with Crippen LogP contribution in [0.2, 0.25) is 0 Å². The molecular weight excluding hydrogens is 351 g/mol. The van der Waals surface area contributed by atoms with Crippen LogP contribution in [-0.2, 0) is 11.2 Å². The van der Waals surface area contributed by atoms with Crippen LogP contribution >= 0.6 is 0 Å². The molecular formula is C20H19FN2O4. The number of hydrogen-bond acceptors (Lipinski definition) is 5. The summed E-state index contributed by atoms with van der Waals surface area (Å²) in [6.45, 7) is 0. The summed E-state index contributed by atoms with van der Waals surface area (Å²) in [5.74, 6) is 1.71. The molecule has 0 fully saturated rings. The Balaban J connectivity index is 1.62. The van der Waals surface area contributed by atoms with Gasteiger partial charge in [0.05, 0.1) is 26.0 Å². The van der Waals surface area contributed by atoms with Gasteiger partial charge in [-0.25, -0.2) is 9.37 Å². The predicted molar refractivity (Wildman–Crippen MR) is 98.4 cm³/mol. The third kappa shape index (κ3) is 4.63. The monoisotopic (exact) mass is 370 g/mol. The normalized spacial score (nSPS) is 10.5. The van der Waals surface area contributed by atoms with Crippen LogP contribution in [0.5, 0.6) is 11.5 Å². The predicted octanol–water partition coefficient (Wildman–Crippen LogP) is 4.07. The maximum Gasteiger partial charge on any atom is 0.224 e. The number of methoxy groups -OCH3 is 2. The van der Waals surface area contributed by atoms with Gasteiger partial charge in [0.15, 0.2) is 11.7 Å². The minimum absolute atomic E-state index is 0.192. The number of carbonyl (C=O) groups excluding carboxylic acids is 1. The summed E-state index contributed by atoms with van der Waals surface area (Å²) in [4.78, 5) is 16.2. The summed E-state index contributed by atoms with van der Waals surface area (Å²) in [6.07, 6.45) is 2.13. The highest BCUT2D eigenvalue weighted by Crippen LogP contribution is 2.33. The molecule has 0 radical (unpaired) electrons. The number of rotatable bonds is 7. The number of aromatic nitrogens is 1. The molecule has 1 amide bonds. The Hall–Kier alpha value is -3.35. The Morgan fingerprint density at radius 1 is 1.15 bits per heavy atom. The molecule has 27 heavy (non-hydrogen) atoms. The Labute approximate surface area is 155 Å². The van der Waals surface area contributed by atoms with Crippen LogP contribution in [0, 0.1) is 5.82 Å². The van der Waals surface area contributed by atoms with Crippen LogP contribution in [0.25, 0.3) is 11.3 Å². The van der Waals surface area contributed by atoms with E-state index in [9.17, 15) is 9.18 Å². The second kappa shape index (κ2) is 8.35. The van der Waals surface area contributed by atoms with Crippen molar-refractivity contribution in [2.45, 2.75) is 12.8 Å². The lowest BCUT2D eigenvalue weighted by molar-refractivity contribution is -0.116. The number of carbonyl (C=O) groups is 1. The van der Waals surface area contributed by atoms with Gasteiger partial charge in [0.2, 0.25) is 5.91 Å². The molecule has 0 spiro atoms. The van der Waals surface area contributed by atoms with E-state index in [1.807, 2.05) is 6.07 Å². The number of amides is 1. The molecule has 0 saturated carbocycles. The summed E-state index contributed by atoms with van der Waals surface area (Å²) in [6, 6.07) is 11.0. The Morgan fingerprint density at radius 3 is 2.63 bits per heavy atom. The summed E-state index contributed by atoms with van der Waals surface area (Å²) in [7, 11) is 3.15. The standard InChI is InChI=1S/C20H19FN2O4/c1-25-15-7-8-16(17(11-15)26-2)18-12-22-20(27-18)10-9-19(24)23-14-5-3-13(21)4-6-14/h3-8,11-12H,9-10H2,1-2H3,(H,23,24). The zero-order valence-electron chi connectivity index (χ0n) is 15.0. The topological polar surface area (TPSA) is 73.6 Å². The summed E-state index contributed by atoms with van der Waals surface area (Å²) in [5.41, 5.74) is 1.28. The summed E-state index contributed by atoms with van der Waals surface area (Å²) < 4.78 is 29.2. The maximum atomic E-state index is 12.9. The van der Waals surface area contributed by atoms with Crippen molar-refractivity contribution in [1.82, 2.24) is 4.98 Å². The molecule has 1 N–H and O–H groups in total. The molecule has 0 bridgehead atoms. The van der Waals surface area contributed by atoms with E-state index in [0.29, 0.717) is 35.3 Å². The minimum Gasteiger partial charge on any atom is -0.497 e. The van der Waals surface area contributed by atoms with E-state index in [1.54, 1.807) is 32.5 Å². The van der Waals surface area contributed by atoms with E-state index in [0.717, 1.165) is 5.56 Å². The first kappa shape index (κ1) is 18.4. The van der Waals surface area contributed by atoms with Crippen LogP contribution in [0.3, 0.4) is 0 Å². The molecule has 1 aromatic heterocycles. The fourth-order valence-corrected chi connectivity index (χ4v) is 2.53. The lowest BCUT2D eigenvalue weighted by Gasteiger charge is -2.08.